The molecule has 4 aromatic heterocycles. The van der Waals surface area contributed by atoms with Crippen molar-refractivity contribution in [1.82, 2.24) is 34.1 Å². The molecule has 0 aliphatic carbocycles. The molecule has 0 saturated carbocycles. The summed E-state index contributed by atoms with van der Waals surface area (Å²) in [5, 5.41) is 4.60. The van der Waals surface area contributed by atoms with Gasteiger partial charge in [-0.05, 0) is 42.5 Å². The topological polar surface area (TPSA) is 74.3 Å². The first kappa shape index (κ1) is 35.4. The molecule has 0 atom stereocenters. The zero-order valence-electron chi connectivity index (χ0n) is 33.3. The van der Waals surface area contributed by atoms with Gasteiger partial charge in [0.1, 0.15) is 0 Å². The van der Waals surface area contributed by atoms with E-state index in [1.54, 1.807) is 0 Å². The Kier molecular flexibility index (Phi) is 8.35. The molecule has 8 aromatic carbocycles. The monoisotopic (exact) mass is 793 g/mol. The molecule has 7 nitrogen and oxygen atoms in total. The predicted molar refractivity (Wildman–Crippen MR) is 251 cm³/mol. The van der Waals surface area contributed by atoms with Gasteiger partial charge in [0.15, 0.2) is 17.5 Å². The third-order valence-electron chi connectivity index (χ3n) is 11.6. The van der Waals surface area contributed by atoms with Gasteiger partial charge in [0, 0.05) is 55.0 Å². The number of benzene rings is 8. The SMILES string of the molecule is c1ccc(-c2cc(-c3ccccc3)nc(-n3c4ccccc4c4c5c6ccccc6n(-c6cccc(-c7nc(-c8ccccc8)nc(-c8ccccc8)n7)c6)c5ccc43)n2)cc1. The van der Waals surface area contributed by atoms with Crippen LogP contribution < -0.4 is 0 Å². The molecular formula is C55H35N7. The fourth-order valence-corrected chi connectivity index (χ4v) is 8.78. The van der Waals surface area contributed by atoms with Crippen LogP contribution in [0.2, 0.25) is 0 Å². The summed E-state index contributed by atoms with van der Waals surface area (Å²) in [5.74, 6) is 2.49. The second-order valence-corrected chi connectivity index (χ2v) is 15.3. The fourth-order valence-electron chi connectivity index (χ4n) is 8.78. The second-order valence-electron chi connectivity index (χ2n) is 15.3. The summed E-state index contributed by atoms with van der Waals surface area (Å²) in [6, 6.07) is 73.2. The average Bonchev–Trinajstić information content (AvgIpc) is 3.88. The molecule has 0 spiro atoms. The second kappa shape index (κ2) is 14.6. The minimum absolute atomic E-state index is 0.610. The van der Waals surface area contributed by atoms with E-state index in [0.29, 0.717) is 23.4 Å². The Morgan fingerprint density at radius 1 is 0.274 bits per heavy atom. The summed E-state index contributed by atoms with van der Waals surface area (Å²) in [6.45, 7) is 0. The minimum Gasteiger partial charge on any atom is -0.309 e. The maximum atomic E-state index is 5.29. The van der Waals surface area contributed by atoms with Crippen LogP contribution in [0.15, 0.2) is 212 Å². The van der Waals surface area contributed by atoms with Crippen molar-refractivity contribution in [2.45, 2.75) is 0 Å². The molecule has 62 heavy (non-hydrogen) atoms. The highest BCUT2D eigenvalue weighted by atomic mass is 15.2. The molecule has 0 unspecified atom stereocenters. The molecule has 0 saturated heterocycles. The number of fused-ring (bicyclic) bond motifs is 7. The first-order valence-electron chi connectivity index (χ1n) is 20.7. The Balaban J connectivity index is 1.08. The molecule has 0 aliphatic heterocycles. The van der Waals surface area contributed by atoms with Gasteiger partial charge in [-0.25, -0.2) is 24.9 Å². The van der Waals surface area contributed by atoms with Crippen LogP contribution in [-0.4, -0.2) is 34.1 Å². The number of para-hydroxylation sites is 2. The van der Waals surface area contributed by atoms with E-state index in [0.717, 1.165) is 83.1 Å². The molecular weight excluding hydrogens is 759 g/mol. The van der Waals surface area contributed by atoms with E-state index < -0.39 is 0 Å². The van der Waals surface area contributed by atoms with Gasteiger partial charge in [-0.3, -0.25) is 4.57 Å². The zero-order chi connectivity index (χ0) is 41.0. The molecule has 0 bridgehead atoms. The van der Waals surface area contributed by atoms with Crippen LogP contribution in [0.3, 0.4) is 0 Å². The number of nitrogens with zero attached hydrogens (tertiary/aromatic N) is 7. The van der Waals surface area contributed by atoms with E-state index in [4.69, 9.17) is 24.9 Å². The van der Waals surface area contributed by atoms with Gasteiger partial charge in [-0.15, -0.1) is 0 Å². The Labute approximate surface area is 356 Å². The van der Waals surface area contributed by atoms with Gasteiger partial charge in [-0.1, -0.05) is 170 Å². The molecule has 0 fully saturated rings. The van der Waals surface area contributed by atoms with Gasteiger partial charge in [0.05, 0.1) is 33.5 Å². The first-order valence-corrected chi connectivity index (χ1v) is 20.7. The molecule has 0 radical (unpaired) electrons. The van der Waals surface area contributed by atoms with Gasteiger partial charge >= 0.3 is 0 Å². The van der Waals surface area contributed by atoms with Crippen molar-refractivity contribution in [3.63, 3.8) is 0 Å². The summed E-state index contributed by atoms with van der Waals surface area (Å²) in [5.41, 5.74) is 11.8. The Hall–Kier alpha value is -8.55. The van der Waals surface area contributed by atoms with Crippen LogP contribution in [0, 0.1) is 0 Å². The average molecular weight is 794 g/mol. The normalized spacial score (nSPS) is 11.5. The molecule has 12 rings (SSSR count). The summed E-state index contributed by atoms with van der Waals surface area (Å²) < 4.78 is 4.59. The predicted octanol–water partition coefficient (Wildman–Crippen LogP) is 13.2. The molecule has 7 heteroatoms. The highest BCUT2D eigenvalue weighted by molar-refractivity contribution is 6.28. The van der Waals surface area contributed by atoms with Gasteiger partial charge in [0.2, 0.25) is 5.95 Å². The zero-order valence-corrected chi connectivity index (χ0v) is 33.3. The largest absolute Gasteiger partial charge is 0.309 e. The molecule has 0 N–H and O–H groups in total. The van der Waals surface area contributed by atoms with E-state index in [-0.39, 0.29) is 0 Å². The summed E-state index contributed by atoms with van der Waals surface area (Å²) in [7, 11) is 0. The molecule has 0 amide bonds. The fraction of sp³-hybridized carbons (Fsp3) is 0. The van der Waals surface area contributed by atoms with Gasteiger partial charge in [-0.2, -0.15) is 0 Å². The van der Waals surface area contributed by atoms with Crippen molar-refractivity contribution < 1.29 is 0 Å². The van der Waals surface area contributed by atoms with Crippen LogP contribution in [0.4, 0.5) is 0 Å². The quantitative estimate of drug-likeness (QED) is 0.161. The van der Waals surface area contributed by atoms with E-state index in [2.05, 4.69) is 149 Å². The van der Waals surface area contributed by atoms with Crippen molar-refractivity contribution in [3.8, 4) is 68.3 Å². The lowest BCUT2D eigenvalue weighted by Gasteiger charge is -2.12. The number of aromatic nitrogens is 7. The van der Waals surface area contributed by atoms with Crippen molar-refractivity contribution in [3.05, 3.63) is 212 Å². The number of hydrogen-bond acceptors (Lipinski definition) is 5. The molecule has 0 aliphatic rings. The lowest BCUT2D eigenvalue weighted by molar-refractivity contribution is 0.996. The van der Waals surface area contributed by atoms with Crippen LogP contribution in [0.1, 0.15) is 0 Å². The smallest absolute Gasteiger partial charge is 0.235 e. The summed E-state index contributed by atoms with van der Waals surface area (Å²) in [4.78, 5) is 25.6. The lowest BCUT2D eigenvalue weighted by Crippen LogP contribution is -2.04. The van der Waals surface area contributed by atoms with Crippen molar-refractivity contribution in [1.29, 1.82) is 0 Å². The maximum Gasteiger partial charge on any atom is 0.235 e. The minimum atomic E-state index is 0.610. The number of hydrogen-bond donors (Lipinski definition) is 0. The van der Waals surface area contributed by atoms with E-state index >= 15 is 0 Å². The summed E-state index contributed by atoms with van der Waals surface area (Å²) in [6.07, 6.45) is 0. The third-order valence-corrected chi connectivity index (χ3v) is 11.6. The van der Waals surface area contributed by atoms with Crippen LogP contribution in [0.5, 0.6) is 0 Å². The van der Waals surface area contributed by atoms with E-state index in [9.17, 15) is 0 Å². The van der Waals surface area contributed by atoms with E-state index in [1.807, 2.05) is 72.8 Å². The Morgan fingerprint density at radius 2 is 0.677 bits per heavy atom. The van der Waals surface area contributed by atoms with Crippen LogP contribution in [-0.2, 0) is 0 Å². The number of rotatable bonds is 7. The van der Waals surface area contributed by atoms with Gasteiger partial charge < -0.3 is 4.57 Å². The Bertz CT molecular complexity index is 3500. The Morgan fingerprint density at radius 3 is 1.19 bits per heavy atom. The molecule has 4 heterocycles. The van der Waals surface area contributed by atoms with Crippen LogP contribution in [0.25, 0.3) is 112 Å². The first-order chi connectivity index (χ1) is 30.7. The lowest BCUT2D eigenvalue weighted by atomic mass is 10.1. The highest BCUT2D eigenvalue weighted by Crippen LogP contribution is 2.42. The van der Waals surface area contributed by atoms with Crippen molar-refractivity contribution in [2.75, 3.05) is 0 Å². The molecule has 12 aromatic rings. The highest BCUT2D eigenvalue weighted by Gasteiger charge is 2.23. The maximum absolute atomic E-state index is 5.29. The molecule has 290 valence electrons. The van der Waals surface area contributed by atoms with Crippen molar-refractivity contribution in [2.24, 2.45) is 0 Å². The van der Waals surface area contributed by atoms with Crippen LogP contribution >= 0.6 is 0 Å². The summed E-state index contributed by atoms with van der Waals surface area (Å²) >= 11 is 0. The van der Waals surface area contributed by atoms with Crippen molar-refractivity contribution >= 4 is 43.6 Å². The van der Waals surface area contributed by atoms with E-state index in [1.165, 1.54) is 5.39 Å². The van der Waals surface area contributed by atoms with Gasteiger partial charge in [0.25, 0.3) is 0 Å². The third kappa shape index (κ3) is 5.94. The standard InChI is InChI=1S/C55H35N7/c1-5-18-36(19-6-1)44-35-45(37-20-7-2-8-21-37)57-55(56-44)62-47-31-16-14-29-43(47)51-49(62)33-32-48-50(51)42-28-13-15-30-46(42)61(48)41-27-17-26-40(34-41)54-59-52(38-22-9-3-10-23-38)58-53(60-54)39-24-11-4-12-25-39/h1-35H.